The molecule has 0 aromatic heterocycles. The number of rotatable bonds is 4. The highest BCUT2D eigenvalue weighted by molar-refractivity contribution is 8.02. The second-order valence-corrected chi connectivity index (χ2v) is 8.61. The van der Waals surface area contributed by atoms with Crippen LogP contribution in [0.15, 0.2) is 0 Å². The first kappa shape index (κ1) is 15.2. The molecule has 2 heterocycles. The van der Waals surface area contributed by atoms with Crippen molar-refractivity contribution in [2.45, 2.75) is 38.5 Å². The predicted octanol–water partition coefficient (Wildman–Crippen LogP) is 0.0374. The average molecular weight is 311 g/mol. The van der Waals surface area contributed by atoms with Crippen LogP contribution in [0.3, 0.4) is 0 Å². The second kappa shape index (κ2) is 6.04. The fraction of sp³-hybridized carbons (Fsp3) is 1.00. The van der Waals surface area contributed by atoms with Gasteiger partial charge >= 0.3 is 0 Å². The van der Waals surface area contributed by atoms with Crippen molar-refractivity contribution in [3.8, 4) is 0 Å². The first-order valence-corrected chi connectivity index (χ1v) is 9.59. The molecule has 0 saturated carbocycles. The van der Waals surface area contributed by atoms with Gasteiger partial charge in [0.15, 0.2) is 0 Å². The Kier molecular flexibility index (Phi) is 4.83. The molecule has 2 aliphatic rings. The molecule has 7 nitrogen and oxygen atoms in total. The van der Waals surface area contributed by atoms with Gasteiger partial charge in [0.05, 0.1) is 0 Å². The third-order valence-electron chi connectivity index (χ3n) is 3.52. The van der Waals surface area contributed by atoms with Gasteiger partial charge in [-0.25, -0.2) is 0 Å². The summed E-state index contributed by atoms with van der Waals surface area (Å²) in [5.41, 5.74) is 0. The van der Waals surface area contributed by atoms with Crippen LogP contribution in [0.1, 0.15) is 38.5 Å². The molecule has 0 radical (unpaired) electrons. The molecule has 0 aliphatic carbocycles. The van der Waals surface area contributed by atoms with Crippen LogP contribution in [0.25, 0.3) is 0 Å². The maximum absolute atomic E-state index is 12.1. The summed E-state index contributed by atoms with van der Waals surface area (Å²) in [7, 11) is -7.87. The number of hydrogen-bond acceptors (Lipinski definition) is 4. The highest BCUT2D eigenvalue weighted by Gasteiger charge is 2.32. The Morgan fingerprint density at radius 1 is 0.579 bits per heavy atom. The summed E-state index contributed by atoms with van der Waals surface area (Å²) in [4.78, 5) is 0. The van der Waals surface area contributed by atoms with E-state index in [4.69, 9.17) is 0 Å². The first-order chi connectivity index (χ1) is 8.92. The van der Waals surface area contributed by atoms with Gasteiger partial charge in [0.1, 0.15) is 0 Å². The quantitative estimate of drug-likeness (QED) is 0.794. The van der Waals surface area contributed by atoms with Crippen molar-refractivity contribution in [3.63, 3.8) is 0 Å². The van der Waals surface area contributed by atoms with E-state index >= 15 is 0 Å². The maximum atomic E-state index is 12.1. The van der Waals surface area contributed by atoms with Crippen LogP contribution in [0.4, 0.5) is 0 Å². The van der Waals surface area contributed by atoms with Gasteiger partial charge in [-0.3, -0.25) is 0 Å². The van der Waals surface area contributed by atoms with Gasteiger partial charge in [0, 0.05) is 26.2 Å². The minimum atomic E-state index is -3.94. The molecule has 2 fully saturated rings. The van der Waals surface area contributed by atoms with Gasteiger partial charge in [-0.2, -0.15) is 25.4 Å². The molecule has 9 heteroatoms. The summed E-state index contributed by atoms with van der Waals surface area (Å²) >= 11 is 0. The van der Waals surface area contributed by atoms with Crippen LogP contribution in [0.5, 0.6) is 0 Å². The maximum Gasteiger partial charge on any atom is 0.293 e. The smallest absolute Gasteiger partial charge is 0.194 e. The van der Waals surface area contributed by atoms with Crippen molar-refractivity contribution >= 4 is 20.4 Å². The molecular weight excluding hydrogens is 290 g/mol. The normalized spacial score (nSPS) is 24.4. The van der Waals surface area contributed by atoms with Gasteiger partial charge in [-0.1, -0.05) is 17.0 Å². The summed E-state index contributed by atoms with van der Waals surface area (Å²) in [6, 6.07) is 0. The van der Waals surface area contributed by atoms with Gasteiger partial charge < -0.3 is 0 Å². The molecule has 112 valence electrons. The van der Waals surface area contributed by atoms with Crippen LogP contribution < -0.4 is 4.13 Å². The number of hydrogen-bond donors (Lipinski definition) is 1. The number of piperidine rings is 2. The molecule has 2 rings (SSSR count). The Morgan fingerprint density at radius 3 is 1.21 bits per heavy atom. The summed E-state index contributed by atoms with van der Waals surface area (Å²) in [5.74, 6) is 0. The van der Waals surface area contributed by atoms with Crippen molar-refractivity contribution in [3.05, 3.63) is 0 Å². The van der Waals surface area contributed by atoms with E-state index < -0.39 is 20.4 Å². The van der Waals surface area contributed by atoms with Gasteiger partial charge in [-0.15, -0.1) is 0 Å². The molecule has 0 atom stereocenters. The largest absolute Gasteiger partial charge is 0.293 e. The lowest BCUT2D eigenvalue weighted by Crippen LogP contribution is -2.51. The van der Waals surface area contributed by atoms with E-state index in [1.807, 2.05) is 4.13 Å². The lowest BCUT2D eigenvalue weighted by molar-refractivity contribution is 0.335. The minimum Gasteiger partial charge on any atom is -0.194 e. The van der Waals surface area contributed by atoms with Crippen molar-refractivity contribution in [2.24, 2.45) is 0 Å². The zero-order valence-electron chi connectivity index (χ0n) is 10.9. The summed E-state index contributed by atoms with van der Waals surface area (Å²) in [5, 5.41) is 0. The first-order valence-electron chi connectivity index (χ1n) is 6.70. The fourth-order valence-corrected chi connectivity index (χ4v) is 5.83. The lowest BCUT2D eigenvalue weighted by atomic mass is 10.2. The van der Waals surface area contributed by atoms with E-state index in [9.17, 15) is 16.8 Å². The molecule has 0 aromatic rings. The molecule has 0 spiro atoms. The molecule has 19 heavy (non-hydrogen) atoms. The Hall–Kier alpha value is -0.220. The molecule has 0 aromatic carbocycles. The highest BCUT2D eigenvalue weighted by Crippen LogP contribution is 2.15. The van der Waals surface area contributed by atoms with Crippen LogP contribution in [0.2, 0.25) is 0 Å². The van der Waals surface area contributed by atoms with Crippen LogP contribution >= 0.6 is 0 Å². The van der Waals surface area contributed by atoms with Gasteiger partial charge in [0.25, 0.3) is 20.4 Å². The van der Waals surface area contributed by atoms with Crippen molar-refractivity contribution in [2.75, 3.05) is 26.2 Å². The standard InChI is InChI=1S/C10H21N3O4S2/c14-18(15,12-7-3-1-4-8-12)11-19(16,17)13-9-5-2-6-10-13/h11H,1-10H2. The topological polar surface area (TPSA) is 86.8 Å². The number of nitrogens with zero attached hydrogens (tertiary/aromatic N) is 2. The fourth-order valence-electron chi connectivity index (χ4n) is 2.45. The third-order valence-corrected chi connectivity index (χ3v) is 7.30. The summed E-state index contributed by atoms with van der Waals surface area (Å²) in [6.07, 6.45) is 5.11. The molecule has 2 saturated heterocycles. The monoisotopic (exact) mass is 311 g/mol. The van der Waals surface area contributed by atoms with Crippen LogP contribution in [0, 0.1) is 0 Å². The molecular formula is C10H21N3O4S2. The molecule has 0 bridgehead atoms. The number of nitrogens with one attached hydrogen (secondary N) is 1. The summed E-state index contributed by atoms with van der Waals surface area (Å²) in [6.45, 7) is 1.57. The molecule has 0 amide bonds. The molecule has 1 N–H and O–H groups in total. The highest BCUT2D eigenvalue weighted by atomic mass is 32.3. The second-order valence-electron chi connectivity index (χ2n) is 5.01. The zero-order chi connectivity index (χ0) is 13.9. The Bertz CT molecular complexity index is 445. The van der Waals surface area contributed by atoms with E-state index in [-0.39, 0.29) is 0 Å². The van der Waals surface area contributed by atoms with Gasteiger partial charge in [0.2, 0.25) is 0 Å². The van der Waals surface area contributed by atoms with Gasteiger partial charge in [-0.05, 0) is 25.7 Å². The lowest BCUT2D eigenvalue weighted by Gasteiger charge is -2.29. The van der Waals surface area contributed by atoms with E-state index in [1.165, 1.54) is 8.61 Å². The zero-order valence-corrected chi connectivity index (χ0v) is 12.5. The minimum absolute atomic E-state index is 0.394. The Balaban J connectivity index is 2.05. The summed E-state index contributed by atoms with van der Waals surface area (Å²) < 4.78 is 52.5. The van der Waals surface area contributed by atoms with Crippen molar-refractivity contribution in [1.29, 1.82) is 0 Å². The average Bonchev–Trinajstić information content (AvgIpc) is 2.40. The van der Waals surface area contributed by atoms with Crippen molar-refractivity contribution in [1.82, 2.24) is 12.7 Å². The Morgan fingerprint density at radius 2 is 0.895 bits per heavy atom. The SMILES string of the molecule is O=S(=O)(NS(=O)(=O)N1CCCCC1)N1CCCCC1. The Labute approximate surface area is 115 Å². The molecule has 0 unspecified atom stereocenters. The van der Waals surface area contributed by atoms with Crippen molar-refractivity contribution < 1.29 is 16.8 Å². The third kappa shape index (κ3) is 3.88. The molecule has 2 aliphatic heterocycles. The van der Waals surface area contributed by atoms with E-state index in [0.29, 0.717) is 26.2 Å². The van der Waals surface area contributed by atoms with E-state index in [0.717, 1.165) is 38.5 Å². The van der Waals surface area contributed by atoms with E-state index in [1.54, 1.807) is 0 Å². The predicted molar refractivity (Wildman–Crippen MR) is 71.8 cm³/mol. The van der Waals surface area contributed by atoms with Crippen LogP contribution in [-0.2, 0) is 20.4 Å². The van der Waals surface area contributed by atoms with E-state index in [2.05, 4.69) is 0 Å². The van der Waals surface area contributed by atoms with Crippen LogP contribution in [-0.4, -0.2) is 51.6 Å².